The van der Waals surface area contributed by atoms with E-state index >= 15 is 0 Å². The number of imidazole rings is 1. The first kappa shape index (κ1) is 21.8. The standard InChI is InChI=1S/C23H29N3O4S/c1-4-23(2,3)22-24-20-13-19(31(28,29)25-10-7-18(14-25)16-27)5-6-21(20)26(22)15-17-8-11-30-12-9-17/h5-7,10,13-14,16-17H,4,8-9,11-12,15H2,1-3H3. The highest BCUT2D eigenvalue weighted by atomic mass is 32.2. The van der Waals surface area contributed by atoms with E-state index in [-0.39, 0.29) is 10.3 Å². The Kier molecular flexibility index (Phi) is 5.79. The monoisotopic (exact) mass is 443 g/mol. The zero-order chi connectivity index (χ0) is 22.2. The lowest BCUT2D eigenvalue weighted by molar-refractivity contribution is 0.0611. The van der Waals surface area contributed by atoms with Crippen molar-refractivity contribution in [3.05, 3.63) is 48.0 Å². The summed E-state index contributed by atoms with van der Waals surface area (Å²) in [7, 11) is -3.80. The minimum absolute atomic E-state index is 0.136. The van der Waals surface area contributed by atoms with Gasteiger partial charge in [-0.3, -0.25) is 4.79 Å². The number of carbonyl (C=O) groups is 1. The van der Waals surface area contributed by atoms with Crippen LogP contribution < -0.4 is 0 Å². The molecule has 0 bridgehead atoms. The van der Waals surface area contributed by atoms with Crippen LogP contribution in [-0.4, -0.2) is 41.4 Å². The van der Waals surface area contributed by atoms with Gasteiger partial charge in [-0.1, -0.05) is 20.8 Å². The molecule has 4 rings (SSSR count). The maximum atomic E-state index is 13.1. The summed E-state index contributed by atoms with van der Waals surface area (Å²) in [6, 6.07) is 6.60. The van der Waals surface area contributed by atoms with E-state index in [9.17, 15) is 13.2 Å². The Hall–Kier alpha value is -2.45. The fourth-order valence-electron chi connectivity index (χ4n) is 4.05. The second-order valence-corrected chi connectivity index (χ2v) is 10.7. The number of ether oxygens (including phenoxy) is 1. The number of aldehydes is 1. The number of hydrogen-bond acceptors (Lipinski definition) is 5. The molecule has 0 spiro atoms. The van der Waals surface area contributed by atoms with Crippen molar-refractivity contribution in [3.63, 3.8) is 0 Å². The maximum absolute atomic E-state index is 13.1. The number of hydrogen-bond donors (Lipinski definition) is 0. The molecule has 2 aromatic heterocycles. The highest BCUT2D eigenvalue weighted by Gasteiger charge is 2.28. The molecule has 1 fully saturated rings. The van der Waals surface area contributed by atoms with Gasteiger partial charge >= 0.3 is 0 Å². The van der Waals surface area contributed by atoms with Crippen molar-refractivity contribution in [2.45, 2.75) is 56.9 Å². The van der Waals surface area contributed by atoms with Gasteiger partial charge in [0.05, 0.1) is 15.9 Å². The fraction of sp³-hybridized carbons (Fsp3) is 0.478. The second-order valence-electron chi connectivity index (χ2n) is 8.89. The van der Waals surface area contributed by atoms with Crippen molar-refractivity contribution in [2.75, 3.05) is 13.2 Å². The van der Waals surface area contributed by atoms with Crippen molar-refractivity contribution in [2.24, 2.45) is 5.92 Å². The van der Waals surface area contributed by atoms with Crippen molar-refractivity contribution < 1.29 is 17.9 Å². The molecule has 0 unspecified atom stereocenters. The van der Waals surface area contributed by atoms with Crippen molar-refractivity contribution >= 4 is 27.3 Å². The number of carbonyl (C=O) groups excluding carboxylic acids is 1. The first-order valence-corrected chi connectivity index (χ1v) is 12.2. The average molecular weight is 444 g/mol. The Balaban J connectivity index is 1.80. The number of fused-ring (bicyclic) bond motifs is 1. The molecule has 7 nitrogen and oxygen atoms in total. The molecule has 1 aromatic carbocycles. The third kappa shape index (κ3) is 4.06. The third-order valence-corrected chi connectivity index (χ3v) is 8.02. The van der Waals surface area contributed by atoms with Crippen LogP contribution in [-0.2, 0) is 26.7 Å². The summed E-state index contributed by atoms with van der Waals surface area (Å²) in [6.07, 6.45) is 6.30. The molecule has 3 heterocycles. The quantitative estimate of drug-likeness (QED) is 0.516. The van der Waals surface area contributed by atoms with Crippen molar-refractivity contribution in [3.8, 4) is 0 Å². The number of nitrogens with zero attached hydrogens (tertiary/aromatic N) is 3. The van der Waals surface area contributed by atoms with Crippen LogP contribution in [0.2, 0.25) is 0 Å². The lowest BCUT2D eigenvalue weighted by Gasteiger charge is -2.28. The molecule has 3 aromatic rings. The van der Waals surface area contributed by atoms with Crippen LogP contribution in [0.25, 0.3) is 11.0 Å². The largest absolute Gasteiger partial charge is 0.381 e. The second kappa shape index (κ2) is 8.24. The van der Waals surface area contributed by atoms with Gasteiger partial charge in [-0.15, -0.1) is 0 Å². The lowest BCUT2D eigenvalue weighted by atomic mass is 9.89. The number of rotatable bonds is 7. The summed E-state index contributed by atoms with van der Waals surface area (Å²) in [5.74, 6) is 1.50. The lowest BCUT2D eigenvalue weighted by Crippen LogP contribution is -2.26. The minimum atomic E-state index is -3.80. The molecule has 166 valence electrons. The molecule has 0 atom stereocenters. The Morgan fingerprint density at radius 3 is 2.61 bits per heavy atom. The SMILES string of the molecule is CCC(C)(C)c1nc2cc(S(=O)(=O)n3ccc(C=O)c3)ccc2n1CC1CCOCC1. The van der Waals surface area contributed by atoms with Crippen LogP contribution >= 0.6 is 0 Å². The van der Waals surface area contributed by atoms with Gasteiger partial charge in [0.1, 0.15) is 5.82 Å². The Bertz CT molecular complexity index is 1200. The molecule has 0 aliphatic carbocycles. The summed E-state index contributed by atoms with van der Waals surface area (Å²) in [4.78, 5) is 16.0. The van der Waals surface area contributed by atoms with E-state index in [1.54, 1.807) is 12.1 Å². The summed E-state index contributed by atoms with van der Waals surface area (Å²) in [5.41, 5.74) is 1.80. The highest BCUT2D eigenvalue weighted by Crippen LogP contribution is 2.32. The van der Waals surface area contributed by atoms with Gasteiger partial charge in [0.15, 0.2) is 6.29 Å². The van der Waals surface area contributed by atoms with Crippen LogP contribution in [0.3, 0.4) is 0 Å². The summed E-state index contributed by atoms with van der Waals surface area (Å²) in [5, 5.41) is 0. The first-order valence-electron chi connectivity index (χ1n) is 10.7. The van der Waals surface area contributed by atoms with E-state index < -0.39 is 10.0 Å². The summed E-state index contributed by atoms with van der Waals surface area (Å²) in [6.45, 7) is 8.91. The van der Waals surface area contributed by atoms with Crippen LogP contribution in [0.1, 0.15) is 56.2 Å². The van der Waals surface area contributed by atoms with Gasteiger partial charge in [-0.2, -0.15) is 0 Å². The van der Waals surface area contributed by atoms with Gasteiger partial charge in [0.25, 0.3) is 10.0 Å². The van der Waals surface area contributed by atoms with E-state index in [2.05, 4.69) is 25.3 Å². The third-order valence-electron chi connectivity index (χ3n) is 6.39. The van der Waals surface area contributed by atoms with Gasteiger partial charge in [-0.25, -0.2) is 17.4 Å². The van der Waals surface area contributed by atoms with Crippen molar-refractivity contribution in [1.29, 1.82) is 0 Å². The van der Waals surface area contributed by atoms with E-state index in [0.717, 1.165) is 54.3 Å². The Morgan fingerprint density at radius 2 is 1.97 bits per heavy atom. The molecule has 0 radical (unpaired) electrons. The Morgan fingerprint density at radius 1 is 1.23 bits per heavy atom. The molecule has 1 aliphatic heterocycles. The average Bonchev–Trinajstić information content (AvgIpc) is 3.40. The molecule has 0 N–H and O–H groups in total. The predicted octanol–water partition coefficient (Wildman–Crippen LogP) is 4.00. The highest BCUT2D eigenvalue weighted by molar-refractivity contribution is 7.90. The van der Waals surface area contributed by atoms with E-state index in [4.69, 9.17) is 9.72 Å². The number of benzene rings is 1. The van der Waals surface area contributed by atoms with Gasteiger partial charge < -0.3 is 9.30 Å². The summed E-state index contributed by atoms with van der Waals surface area (Å²) < 4.78 is 35.0. The topological polar surface area (TPSA) is 83.2 Å². The van der Waals surface area contributed by atoms with E-state index in [1.807, 2.05) is 6.07 Å². The number of aromatic nitrogens is 3. The normalized spacial score (nSPS) is 16.1. The van der Waals surface area contributed by atoms with Crippen LogP contribution in [0, 0.1) is 5.92 Å². The van der Waals surface area contributed by atoms with Crippen LogP contribution in [0.5, 0.6) is 0 Å². The van der Waals surface area contributed by atoms with E-state index in [0.29, 0.717) is 23.3 Å². The summed E-state index contributed by atoms with van der Waals surface area (Å²) >= 11 is 0. The van der Waals surface area contributed by atoms with Crippen molar-refractivity contribution in [1.82, 2.24) is 13.5 Å². The van der Waals surface area contributed by atoms with E-state index in [1.165, 1.54) is 18.5 Å². The van der Waals surface area contributed by atoms with Crippen LogP contribution in [0.4, 0.5) is 0 Å². The van der Waals surface area contributed by atoms with Crippen LogP contribution in [0.15, 0.2) is 41.6 Å². The first-order chi connectivity index (χ1) is 14.8. The molecule has 31 heavy (non-hydrogen) atoms. The Labute approximate surface area is 183 Å². The molecule has 1 aliphatic rings. The zero-order valence-electron chi connectivity index (χ0n) is 18.2. The predicted molar refractivity (Wildman–Crippen MR) is 119 cm³/mol. The zero-order valence-corrected chi connectivity index (χ0v) is 19.1. The molecular formula is C23H29N3O4S. The molecule has 0 saturated carbocycles. The van der Waals surface area contributed by atoms with Gasteiger partial charge in [-0.05, 0) is 49.4 Å². The fourth-order valence-corrected chi connectivity index (χ4v) is 5.28. The molecule has 0 amide bonds. The minimum Gasteiger partial charge on any atom is -0.381 e. The van der Waals surface area contributed by atoms with Gasteiger partial charge in [0, 0.05) is 43.1 Å². The molecular weight excluding hydrogens is 414 g/mol. The molecule has 8 heteroatoms. The van der Waals surface area contributed by atoms with Gasteiger partial charge in [0.2, 0.25) is 0 Å². The smallest absolute Gasteiger partial charge is 0.267 e. The maximum Gasteiger partial charge on any atom is 0.267 e. The molecule has 1 saturated heterocycles.